The van der Waals surface area contributed by atoms with Gasteiger partial charge in [0.25, 0.3) is 0 Å². The number of hydrogen-bond acceptors (Lipinski definition) is 5. The summed E-state index contributed by atoms with van der Waals surface area (Å²) in [5, 5.41) is 8.46. The SMILES string of the molecule is OCCOCCOCCOCc1ccccn1. The number of ether oxygens (including phenoxy) is 3. The molecule has 5 heteroatoms. The summed E-state index contributed by atoms with van der Waals surface area (Å²) in [5.74, 6) is 0. The summed E-state index contributed by atoms with van der Waals surface area (Å²) in [4.78, 5) is 4.14. The van der Waals surface area contributed by atoms with Crippen LogP contribution in [0.4, 0.5) is 0 Å². The Morgan fingerprint density at radius 3 is 2.29 bits per heavy atom. The molecule has 0 unspecified atom stereocenters. The molecule has 1 rings (SSSR count). The van der Waals surface area contributed by atoms with Gasteiger partial charge in [0.15, 0.2) is 0 Å². The number of nitrogens with zero attached hydrogens (tertiary/aromatic N) is 1. The second-order valence-electron chi connectivity index (χ2n) is 3.32. The maximum absolute atomic E-state index is 8.46. The third kappa shape index (κ3) is 7.82. The highest BCUT2D eigenvalue weighted by Gasteiger charge is 1.93. The van der Waals surface area contributed by atoms with Gasteiger partial charge in [-0.3, -0.25) is 4.98 Å². The second-order valence-corrected chi connectivity index (χ2v) is 3.32. The smallest absolute Gasteiger partial charge is 0.0889 e. The van der Waals surface area contributed by atoms with Crippen molar-refractivity contribution < 1.29 is 19.3 Å². The van der Waals surface area contributed by atoms with Crippen LogP contribution in [0.1, 0.15) is 5.69 Å². The zero-order chi connectivity index (χ0) is 12.2. The van der Waals surface area contributed by atoms with E-state index < -0.39 is 0 Å². The van der Waals surface area contributed by atoms with Crippen LogP contribution < -0.4 is 0 Å². The Balaban J connectivity index is 1.85. The van der Waals surface area contributed by atoms with Crippen LogP contribution >= 0.6 is 0 Å². The van der Waals surface area contributed by atoms with Gasteiger partial charge in [-0.15, -0.1) is 0 Å². The highest BCUT2D eigenvalue weighted by molar-refractivity contribution is 5.01. The quantitative estimate of drug-likeness (QED) is 0.609. The molecule has 96 valence electrons. The first-order chi connectivity index (χ1) is 8.43. The molecule has 0 bridgehead atoms. The van der Waals surface area contributed by atoms with Gasteiger partial charge >= 0.3 is 0 Å². The van der Waals surface area contributed by atoms with E-state index in [0.717, 1.165) is 5.69 Å². The summed E-state index contributed by atoms with van der Waals surface area (Å²) in [6, 6.07) is 5.73. The summed E-state index contributed by atoms with van der Waals surface area (Å²) in [7, 11) is 0. The Morgan fingerprint density at radius 1 is 0.941 bits per heavy atom. The molecule has 1 aromatic rings. The summed E-state index contributed by atoms with van der Waals surface area (Å²) in [6.45, 7) is 3.01. The summed E-state index contributed by atoms with van der Waals surface area (Å²) < 4.78 is 15.7. The Kier molecular flexibility index (Phi) is 8.40. The molecule has 0 fully saturated rings. The Labute approximate surface area is 101 Å². The monoisotopic (exact) mass is 241 g/mol. The van der Waals surface area contributed by atoms with E-state index in [1.807, 2.05) is 18.2 Å². The molecule has 0 aromatic carbocycles. The van der Waals surface area contributed by atoms with E-state index >= 15 is 0 Å². The van der Waals surface area contributed by atoms with Crippen molar-refractivity contribution in [2.24, 2.45) is 0 Å². The minimum absolute atomic E-state index is 0.0488. The van der Waals surface area contributed by atoms with E-state index in [1.165, 1.54) is 0 Å². The summed E-state index contributed by atoms with van der Waals surface area (Å²) >= 11 is 0. The number of aromatic nitrogens is 1. The second kappa shape index (κ2) is 10.2. The average Bonchev–Trinajstić information content (AvgIpc) is 2.38. The van der Waals surface area contributed by atoms with Gasteiger partial charge in [0.1, 0.15) is 0 Å². The third-order valence-corrected chi connectivity index (χ3v) is 1.96. The normalized spacial score (nSPS) is 10.6. The molecule has 1 aromatic heterocycles. The molecular weight excluding hydrogens is 222 g/mol. The average molecular weight is 241 g/mol. The minimum atomic E-state index is 0.0488. The van der Waals surface area contributed by atoms with E-state index in [-0.39, 0.29) is 6.61 Å². The van der Waals surface area contributed by atoms with Crippen molar-refractivity contribution in [2.45, 2.75) is 6.61 Å². The van der Waals surface area contributed by atoms with Crippen LogP contribution in [-0.2, 0) is 20.8 Å². The predicted octanol–water partition coefficient (Wildman–Crippen LogP) is 0.624. The van der Waals surface area contributed by atoms with Crippen molar-refractivity contribution in [3.05, 3.63) is 30.1 Å². The fourth-order valence-electron chi connectivity index (χ4n) is 1.16. The molecule has 0 aliphatic carbocycles. The first-order valence-electron chi connectivity index (χ1n) is 5.67. The van der Waals surface area contributed by atoms with Crippen LogP contribution in [0, 0.1) is 0 Å². The fraction of sp³-hybridized carbons (Fsp3) is 0.583. The van der Waals surface area contributed by atoms with E-state index in [0.29, 0.717) is 39.6 Å². The molecule has 5 nitrogen and oxygen atoms in total. The molecule has 0 aliphatic heterocycles. The lowest BCUT2D eigenvalue weighted by molar-refractivity contribution is 0.00405. The van der Waals surface area contributed by atoms with E-state index in [9.17, 15) is 0 Å². The van der Waals surface area contributed by atoms with Crippen molar-refractivity contribution in [3.8, 4) is 0 Å². The van der Waals surface area contributed by atoms with Gasteiger partial charge in [-0.2, -0.15) is 0 Å². The van der Waals surface area contributed by atoms with Gasteiger partial charge in [-0.05, 0) is 12.1 Å². The van der Waals surface area contributed by atoms with Crippen molar-refractivity contribution >= 4 is 0 Å². The van der Waals surface area contributed by atoms with E-state index in [4.69, 9.17) is 19.3 Å². The number of hydrogen-bond donors (Lipinski definition) is 1. The molecular formula is C12H19NO4. The van der Waals surface area contributed by atoms with Crippen LogP contribution in [0.15, 0.2) is 24.4 Å². The van der Waals surface area contributed by atoms with Crippen molar-refractivity contribution in [1.82, 2.24) is 4.98 Å². The first-order valence-corrected chi connectivity index (χ1v) is 5.67. The number of aliphatic hydroxyl groups excluding tert-OH is 1. The van der Waals surface area contributed by atoms with Gasteiger partial charge in [0.2, 0.25) is 0 Å². The summed E-state index contributed by atoms with van der Waals surface area (Å²) in [5.41, 5.74) is 0.916. The molecule has 0 radical (unpaired) electrons. The Hall–Kier alpha value is -1.01. The van der Waals surface area contributed by atoms with Crippen molar-refractivity contribution in [1.29, 1.82) is 0 Å². The van der Waals surface area contributed by atoms with Gasteiger partial charge < -0.3 is 19.3 Å². The lowest BCUT2D eigenvalue weighted by atomic mass is 10.4. The van der Waals surface area contributed by atoms with Gasteiger partial charge in [0.05, 0.1) is 51.9 Å². The van der Waals surface area contributed by atoms with Gasteiger partial charge in [-0.25, -0.2) is 0 Å². The highest BCUT2D eigenvalue weighted by Crippen LogP contribution is 1.95. The number of pyridine rings is 1. The van der Waals surface area contributed by atoms with Crippen LogP contribution in [0.2, 0.25) is 0 Å². The van der Waals surface area contributed by atoms with Crippen LogP contribution in [0.5, 0.6) is 0 Å². The third-order valence-electron chi connectivity index (χ3n) is 1.96. The van der Waals surface area contributed by atoms with Gasteiger partial charge in [-0.1, -0.05) is 6.07 Å². The van der Waals surface area contributed by atoms with Gasteiger partial charge in [0, 0.05) is 6.20 Å². The lowest BCUT2D eigenvalue weighted by Crippen LogP contribution is -2.10. The van der Waals surface area contributed by atoms with Crippen molar-refractivity contribution in [3.63, 3.8) is 0 Å². The van der Waals surface area contributed by atoms with Crippen LogP contribution in [-0.4, -0.2) is 49.7 Å². The molecule has 0 saturated heterocycles. The lowest BCUT2D eigenvalue weighted by Gasteiger charge is -2.05. The minimum Gasteiger partial charge on any atom is -0.394 e. The first kappa shape index (κ1) is 14.1. The van der Waals surface area contributed by atoms with E-state index in [1.54, 1.807) is 6.20 Å². The summed E-state index contributed by atoms with van der Waals surface area (Å²) in [6.07, 6.45) is 1.74. The number of aliphatic hydroxyl groups is 1. The Morgan fingerprint density at radius 2 is 1.65 bits per heavy atom. The molecule has 0 atom stereocenters. The molecule has 0 spiro atoms. The largest absolute Gasteiger partial charge is 0.394 e. The zero-order valence-electron chi connectivity index (χ0n) is 9.88. The zero-order valence-corrected chi connectivity index (χ0v) is 9.88. The maximum atomic E-state index is 8.46. The molecule has 1 N–H and O–H groups in total. The topological polar surface area (TPSA) is 60.8 Å². The molecule has 0 saturated carbocycles. The Bertz CT molecular complexity index is 268. The molecule has 1 heterocycles. The fourth-order valence-corrected chi connectivity index (χ4v) is 1.16. The molecule has 0 aliphatic rings. The van der Waals surface area contributed by atoms with E-state index in [2.05, 4.69) is 4.98 Å². The number of rotatable bonds is 10. The van der Waals surface area contributed by atoms with Crippen molar-refractivity contribution in [2.75, 3.05) is 39.6 Å². The molecule has 17 heavy (non-hydrogen) atoms. The predicted molar refractivity (Wildman–Crippen MR) is 62.6 cm³/mol. The maximum Gasteiger partial charge on any atom is 0.0889 e. The molecule has 0 amide bonds. The van der Waals surface area contributed by atoms with Crippen LogP contribution in [0.25, 0.3) is 0 Å². The highest BCUT2D eigenvalue weighted by atomic mass is 16.5. The standard InChI is InChI=1S/C12H19NO4/c14-5-6-15-7-8-16-9-10-17-11-12-3-1-2-4-13-12/h1-4,14H,5-11H2. The van der Waals surface area contributed by atoms with Crippen LogP contribution in [0.3, 0.4) is 0 Å².